The van der Waals surface area contributed by atoms with Crippen LogP contribution in [0.25, 0.3) is 10.9 Å². The molecule has 1 aromatic heterocycles. The second-order valence-corrected chi connectivity index (χ2v) is 6.20. The second kappa shape index (κ2) is 4.35. The first kappa shape index (κ1) is 12.0. The van der Waals surface area contributed by atoms with Gasteiger partial charge in [0.05, 0.1) is 11.2 Å². The molecule has 4 rings (SSSR count). The summed E-state index contributed by atoms with van der Waals surface area (Å²) in [6, 6.07) is 9.79. The molecule has 104 valence electrons. The van der Waals surface area contributed by atoms with E-state index in [9.17, 15) is 4.79 Å². The molecule has 2 saturated heterocycles. The number of fused-ring (bicyclic) bond motifs is 1. The molecule has 2 aliphatic heterocycles. The van der Waals surface area contributed by atoms with E-state index in [1.165, 1.54) is 12.8 Å². The Balaban J connectivity index is 1.68. The molecule has 2 aromatic rings. The van der Waals surface area contributed by atoms with Crippen LogP contribution < -0.4 is 15.8 Å². The van der Waals surface area contributed by atoms with Crippen LogP contribution in [0.1, 0.15) is 12.8 Å². The van der Waals surface area contributed by atoms with Crippen molar-refractivity contribution in [3.63, 3.8) is 0 Å². The Kier molecular flexibility index (Phi) is 2.60. The van der Waals surface area contributed by atoms with Crippen LogP contribution in [0.4, 0.5) is 5.69 Å². The molecule has 2 N–H and O–H groups in total. The van der Waals surface area contributed by atoms with Gasteiger partial charge < -0.3 is 15.2 Å². The van der Waals surface area contributed by atoms with E-state index >= 15 is 0 Å². The fourth-order valence-electron chi connectivity index (χ4n) is 3.68. The van der Waals surface area contributed by atoms with Gasteiger partial charge in [-0.05, 0) is 25.5 Å². The zero-order valence-corrected chi connectivity index (χ0v) is 11.5. The third-order valence-electron chi connectivity index (χ3n) is 4.68. The van der Waals surface area contributed by atoms with E-state index in [1.54, 1.807) is 6.07 Å². The first-order valence-electron chi connectivity index (χ1n) is 7.34. The number of pyridine rings is 1. The normalized spacial score (nSPS) is 21.1. The number of para-hydroxylation sites is 1. The molecule has 0 aliphatic carbocycles. The summed E-state index contributed by atoms with van der Waals surface area (Å²) in [5.41, 5.74) is 2.43. The lowest BCUT2D eigenvalue weighted by molar-refractivity contribution is 0.157. The molecule has 2 fully saturated rings. The topological polar surface area (TPSA) is 48.1 Å². The van der Waals surface area contributed by atoms with Gasteiger partial charge in [0, 0.05) is 36.5 Å². The molecule has 0 radical (unpaired) electrons. The Morgan fingerprint density at radius 1 is 1.20 bits per heavy atom. The quantitative estimate of drug-likeness (QED) is 0.828. The Labute approximate surface area is 117 Å². The average Bonchev–Trinajstić information content (AvgIpc) is 2.44. The van der Waals surface area contributed by atoms with Crippen molar-refractivity contribution in [1.29, 1.82) is 0 Å². The van der Waals surface area contributed by atoms with E-state index in [2.05, 4.69) is 21.3 Å². The lowest BCUT2D eigenvalue weighted by atomic mass is 9.73. The molecule has 20 heavy (non-hydrogen) atoms. The number of rotatable bonds is 1. The number of benzene rings is 1. The SMILES string of the molecule is O=c1cc(N2CC3(CCCNC3)C2)c2ccccc2[nH]1. The number of nitrogens with zero attached hydrogens (tertiary/aromatic N) is 1. The van der Waals surface area contributed by atoms with Crippen LogP contribution >= 0.6 is 0 Å². The summed E-state index contributed by atoms with van der Waals surface area (Å²) in [5.74, 6) is 0. The monoisotopic (exact) mass is 269 g/mol. The zero-order valence-electron chi connectivity index (χ0n) is 11.5. The van der Waals surface area contributed by atoms with Crippen LogP contribution in [0.15, 0.2) is 35.1 Å². The largest absolute Gasteiger partial charge is 0.369 e. The van der Waals surface area contributed by atoms with E-state index < -0.39 is 0 Å². The van der Waals surface area contributed by atoms with E-state index in [0.29, 0.717) is 5.41 Å². The molecule has 1 spiro atoms. The predicted octanol–water partition coefficient (Wildman–Crippen LogP) is 1.72. The maximum Gasteiger partial charge on any atom is 0.250 e. The predicted molar refractivity (Wildman–Crippen MR) is 81.3 cm³/mol. The van der Waals surface area contributed by atoms with Crippen molar-refractivity contribution in [3.8, 4) is 0 Å². The van der Waals surface area contributed by atoms with Crippen molar-refractivity contribution < 1.29 is 0 Å². The van der Waals surface area contributed by atoms with Gasteiger partial charge in [-0.25, -0.2) is 0 Å². The summed E-state index contributed by atoms with van der Waals surface area (Å²) in [4.78, 5) is 17.1. The molecular weight excluding hydrogens is 250 g/mol. The summed E-state index contributed by atoms with van der Waals surface area (Å²) >= 11 is 0. The number of hydrogen-bond donors (Lipinski definition) is 2. The first-order valence-corrected chi connectivity index (χ1v) is 7.34. The molecule has 0 saturated carbocycles. The minimum absolute atomic E-state index is 0.0126. The fraction of sp³-hybridized carbons (Fsp3) is 0.438. The van der Waals surface area contributed by atoms with E-state index in [1.807, 2.05) is 18.2 Å². The fourth-order valence-corrected chi connectivity index (χ4v) is 3.68. The smallest absolute Gasteiger partial charge is 0.250 e. The molecular formula is C16H19N3O. The lowest BCUT2D eigenvalue weighted by Gasteiger charge is -2.53. The maximum atomic E-state index is 11.8. The number of aromatic nitrogens is 1. The highest BCUT2D eigenvalue weighted by molar-refractivity contribution is 5.91. The minimum Gasteiger partial charge on any atom is -0.369 e. The molecule has 3 heterocycles. The standard InChI is InChI=1S/C16H19N3O/c20-15-8-14(12-4-1-2-5-13(12)18-15)19-10-16(11-19)6-3-7-17-9-16/h1-2,4-5,8,17H,3,6-7,9-11H2,(H,18,20). The van der Waals surface area contributed by atoms with Crippen LogP contribution in [-0.2, 0) is 0 Å². The number of piperidine rings is 1. The van der Waals surface area contributed by atoms with Gasteiger partial charge in [-0.1, -0.05) is 18.2 Å². The number of anilines is 1. The molecule has 4 heteroatoms. The van der Waals surface area contributed by atoms with Gasteiger partial charge in [-0.3, -0.25) is 4.79 Å². The molecule has 0 amide bonds. The van der Waals surface area contributed by atoms with Crippen LogP contribution in [0.2, 0.25) is 0 Å². The van der Waals surface area contributed by atoms with E-state index in [-0.39, 0.29) is 5.56 Å². The number of hydrogen-bond acceptors (Lipinski definition) is 3. The number of H-pyrrole nitrogens is 1. The Hall–Kier alpha value is -1.81. The van der Waals surface area contributed by atoms with Crippen molar-refractivity contribution >= 4 is 16.6 Å². The zero-order chi connectivity index (χ0) is 13.6. The maximum absolute atomic E-state index is 11.8. The van der Waals surface area contributed by atoms with Crippen molar-refractivity contribution in [2.75, 3.05) is 31.1 Å². The molecule has 1 aromatic carbocycles. The highest BCUT2D eigenvalue weighted by Gasteiger charge is 2.43. The Morgan fingerprint density at radius 3 is 2.85 bits per heavy atom. The molecule has 0 bridgehead atoms. The summed E-state index contributed by atoms with van der Waals surface area (Å²) in [7, 11) is 0. The Morgan fingerprint density at radius 2 is 2.05 bits per heavy atom. The van der Waals surface area contributed by atoms with E-state index in [4.69, 9.17) is 0 Å². The van der Waals surface area contributed by atoms with Gasteiger partial charge in [0.25, 0.3) is 0 Å². The highest BCUT2D eigenvalue weighted by Crippen LogP contribution is 2.40. The van der Waals surface area contributed by atoms with Gasteiger partial charge in [0.2, 0.25) is 5.56 Å². The minimum atomic E-state index is -0.0126. The highest BCUT2D eigenvalue weighted by atomic mass is 16.1. The van der Waals surface area contributed by atoms with Crippen molar-refractivity contribution in [3.05, 3.63) is 40.7 Å². The van der Waals surface area contributed by atoms with Gasteiger partial charge >= 0.3 is 0 Å². The summed E-state index contributed by atoms with van der Waals surface area (Å²) in [6.07, 6.45) is 2.57. The van der Waals surface area contributed by atoms with Gasteiger partial charge in [-0.2, -0.15) is 0 Å². The van der Waals surface area contributed by atoms with Gasteiger partial charge in [-0.15, -0.1) is 0 Å². The van der Waals surface area contributed by atoms with Crippen molar-refractivity contribution in [2.24, 2.45) is 5.41 Å². The third kappa shape index (κ3) is 1.83. The van der Waals surface area contributed by atoms with Gasteiger partial charge in [0.15, 0.2) is 0 Å². The van der Waals surface area contributed by atoms with E-state index in [0.717, 1.165) is 42.8 Å². The van der Waals surface area contributed by atoms with Crippen molar-refractivity contribution in [2.45, 2.75) is 12.8 Å². The molecule has 0 unspecified atom stereocenters. The Bertz CT molecular complexity index is 692. The number of nitrogens with one attached hydrogen (secondary N) is 2. The number of aromatic amines is 1. The summed E-state index contributed by atoms with van der Waals surface area (Å²) in [6.45, 7) is 4.39. The van der Waals surface area contributed by atoms with Crippen LogP contribution in [0.3, 0.4) is 0 Å². The van der Waals surface area contributed by atoms with Gasteiger partial charge in [0.1, 0.15) is 0 Å². The first-order chi connectivity index (χ1) is 9.76. The summed E-state index contributed by atoms with van der Waals surface area (Å²) in [5, 5.41) is 4.65. The lowest BCUT2D eigenvalue weighted by Crippen LogP contribution is -2.62. The van der Waals surface area contributed by atoms with Crippen molar-refractivity contribution in [1.82, 2.24) is 10.3 Å². The van der Waals surface area contributed by atoms with Crippen LogP contribution in [0, 0.1) is 5.41 Å². The average molecular weight is 269 g/mol. The molecule has 4 nitrogen and oxygen atoms in total. The second-order valence-electron chi connectivity index (χ2n) is 6.20. The van der Waals surface area contributed by atoms with Crippen LogP contribution in [-0.4, -0.2) is 31.2 Å². The summed E-state index contributed by atoms with van der Waals surface area (Å²) < 4.78 is 0. The third-order valence-corrected chi connectivity index (χ3v) is 4.68. The van der Waals surface area contributed by atoms with Crippen LogP contribution in [0.5, 0.6) is 0 Å². The molecule has 0 atom stereocenters. The molecule has 2 aliphatic rings.